The summed E-state index contributed by atoms with van der Waals surface area (Å²) in [4.78, 5) is 4.61. The third-order valence-electron chi connectivity index (χ3n) is 4.27. The first kappa shape index (κ1) is 16.9. The molecule has 2 heterocycles. The quantitative estimate of drug-likeness (QED) is 0.833. The van der Waals surface area contributed by atoms with Crippen molar-refractivity contribution in [3.63, 3.8) is 0 Å². The molecule has 5 nitrogen and oxygen atoms in total. The van der Waals surface area contributed by atoms with E-state index >= 15 is 0 Å². The summed E-state index contributed by atoms with van der Waals surface area (Å²) in [6.45, 7) is 4.86. The van der Waals surface area contributed by atoms with E-state index < -0.39 is 10.0 Å². The van der Waals surface area contributed by atoms with E-state index in [1.54, 1.807) is 22.6 Å². The molecule has 1 aromatic heterocycles. The number of hydrogen-bond acceptors (Lipinski definition) is 4. The van der Waals surface area contributed by atoms with Crippen molar-refractivity contribution >= 4 is 10.0 Å². The summed E-state index contributed by atoms with van der Waals surface area (Å²) in [6, 6.07) is 10.5. The average molecular weight is 346 g/mol. The lowest BCUT2D eigenvalue weighted by atomic mass is 10.1. The Morgan fingerprint density at radius 3 is 2.71 bits per heavy atom. The number of rotatable bonds is 5. The third kappa shape index (κ3) is 3.16. The number of nitrogens with zero attached hydrogens (tertiary/aromatic N) is 2. The summed E-state index contributed by atoms with van der Waals surface area (Å²) in [5.74, 6) is 0.524. The van der Waals surface area contributed by atoms with E-state index in [0.29, 0.717) is 23.9 Å². The van der Waals surface area contributed by atoms with Crippen LogP contribution >= 0.6 is 0 Å². The Kier molecular flexibility index (Phi) is 4.87. The van der Waals surface area contributed by atoms with Crippen LogP contribution in [0.25, 0.3) is 0 Å². The molecule has 1 aliphatic rings. The molecule has 3 rings (SSSR count). The minimum absolute atomic E-state index is 0.230. The zero-order valence-electron chi connectivity index (χ0n) is 14.0. The van der Waals surface area contributed by atoms with Crippen LogP contribution in [0.15, 0.2) is 47.5 Å². The van der Waals surface area contributed by atoms with Crippen LogP contribution in [0, 0.1) is 6.92 Å². The monoisotopic (exact) mass is 346 g/mol. The van der Waals surface area contributed by atoms with Crippen molar-refractivity contribution in [2.75, 3.05) is 13.2 Å². The van der Waals surface area contributed by atoms with Gasteiger partial charge in [-0.25, -0.2) is 13.4 Å². The lowest BCUT2D eigenvalue weighted by Crippen LogP contribution is -2.31. The van der Waals surface area contributed by atoms with Crippen LogP contribution in [0.1, 0.15) is 36.9 Å². The Morgan fingerprint density at radius 1 is 1.25 bits per heavy atom. The first-order valence-corrected chi connectivity index (χ1v) is 9.64. The highest BCUT2D eigenvalue weighted by atomic mass is 32.2. The van der Waals surface area contributed by atoms with Crippen LogP contribution in [0.4, 0.5) is 0 Å². The van der Waals surface area contributed by atoms with Crippen molar-refractivity contribution in [2.45, 2.75) is 37.6 Å². The van der Waals surface area contributed by atoms with Crippen LogP contribution in [0.5, 0.6) is 5.88 Å². The van der Waals surface area contributed by atoms with Gasteiger partial charge < -0.3 is 4.74 Å². The zero-order chi connectivity index (χ0) is 17.2. The average Bonchev–Trinajstić information content (AvgIpc) is 3.06. The number of sulfonamides is 1. The smallest absolute Gasteiger partial charge is 0.243 e. The highest BCUT2D eigenvalue weighted by Crippen LogP contribution is 2.39. The fourth-order valence-corrected chi connectivity index (χ4v) is 4.77. The molecular formula is C18H22N2O3S. The molecule has 0 N–H and O–H groups in total. The number of hydrogen-bond donors (Lipinski definition) is 0. The van der Waals surface area contributed by atoms with Gasteiger partial charge in [-0.1, -0.05) is 23.8 Å². The molecule has 1 fully saturated rings. The molecule has 0 amide bonds. The molecule has 0 radical (unpaired) electrons. The van der Waals surface area contributed by atoms with E-state index in [4.69, 9.17) is 4.74 Å². The molecule has 0 bridgehead atoms. The second kappa shape index (κ2) is 6.91. The highest BCUT2D eigenvalue weighted by Gasteiger charge is 2.37. The van der Waals surface area contributed by atoms with Crippen molar-refractivity contribution < 1.29 is 13.2 Å². The van der Waals surface area contributed by atoms with Gasteiger partial charge in [0.2, 0.25) is 15.9 Å². The van der Waals surface area contributed by atoms with E-state index in [0.717, 1.165) is 24.0 Å². The van der Waals surface area contributed by atoms with Crippen molar-refractivity contribution in [3.05, 3.63) is 53.7 Å². The summed E-state index contributed by atoms with van der Waals surface area (Å²) in [7, 11) is -3.53. The lowest BCUT2D eigenvalue weighted by molar-refractivity contribution is 0.309. The van der Waals surface area contributed by atoms with Crippen molar-refractivity contribution in [3.8, 4) is 5.88 Å². The van der Waals surface area contributed by atoms with Gasteiger partial charge in [0, 0.05) is 18.3 Å². The fourth-order valence-electron chi connectivity index (χ4n) is 3.10. The van der Waals surface area contributed by atoms with Crippen LogP contribution in [-0.2, 0) is 10.0 Å². The number of benzene rings is 1. The standard InChI is InChI=1S/C18H22N2O3S/c1-3-23-18-16(6-4-12-19-18)17-7-5-13-20(17)24(21,22)15-10-8-14(2)9-11-15/h4,6,8-12,17H,3,5,7,13H2,1-2H3/t17-/m1/s1. The van der Waals surface area contributed by atoms with Gasteiger partial charge in [-0.15, -0.1) is 0 Å². The van der Waals surface area contributed by atoms with Crippen LogP contribution < -0.4 is 4.74 Å². The molecule has 128 valence electrons. The summed E-state index contributed by atoms with van der Waals surface area (Å²) in [5.41, 5.74) is 1.88. The number of aryl methyl sites for hydroxylation is 1. The molecule has 0 unspecified atom stereocenters. The maximum absolute atomic E-state index is 13.1. The second-order valence-corrected chi connectivity index (χ2v) is 7.81. The molecule has 1 aromatic carbocycles. The maximum Gasteiger partial charge on any atom is 0.243 e. The molecule has 6 heteroatoms. The van der Waals surface area contributed by atoms with Gasteiger partial charge in [0.1, 0.15) is 0 Å². The predicted octanol–water partition coefficient (Wildman–Crippen LogP) is 3.31. The van der Waals surface area contributed by atoms with Gasteiger partial charge in [0.25, 0.3) is 0 Å². The summed E-state index contributed by atoms with van der Waals surface area (Å²) < 4.78 is 33.3. The second-order valence-electron chi connectivity index (χ2n) is 5.92. The molecule has 1 aliphatic heterocycles. The summed E-state index contributed by atoms with van der Waals surface area (Å²) in [5, 5.41) is 0. The zero-order valence-corrected chi connectivity index (χ0v) is 14.8. The molecule has 0 saturated carbocycles. The van der Waals surface area contributed by atoms with Gasteiger partial charge >= 0.3 is 0 Å². The number of pyridine rings is 1. The van der Waals surface area contributed by atoms with E-state index in [1.165, 1.54) is 0 Å². The van der Waals surface area contributed by atoms with Gasteiger partial charge in [0.15, 0.2) is 0 Å². The SMILES string of the molecule is CCOc1ncccc1[C@H]1CCCN1S(=O)(=O)c1ccc(C)cc1. The summed E-state index contributed by atoms with van der Waals surface area (Å²) >= 11 is 0. The highest BCUT2D eigenvalue weighted by molar-refractivity contribution is 7.89. The predicted molar refractivity (Wildman–Crippen MR) is 92.5 cm³/mol. The van der Waals surface area contributed by atoms with E-state index in [9.17, 15) is 8.42 Å². The fraction of sp³-hybridized carbons (Fsp3) is 0.389. The Bertz CT molecular complexity index is 803. The van der Waals surface area contributed by atoms with Crippen LogP contribution in [-0.4, -0.2) is 30.9 Å². The molecule has 0 spiro atoms. The minimum Gasteiger partial charge on any atom is -0.478 e. The van der Waals surface area contributed by atoms with E-state index in [-0.39, 0.29) is 6.04 Å². The van der Waals surface area contributed by atoms with E-state index in [2.05, 4.69) is 4.98 Å². The van der Waals surface area contributed by atoms with Crippen molar-refractivity contribution in [1.82, 2.24) is 9.29 Å². The van der Waals surface area contributed by atoms with E-state index in [1.807, 2.05) is 38.1 Å². The van der Waals surface area contributed by atoms with Crippen LogP contribution in [0.3, 0.4) is 0 Å². The Balaban J connectivity index is 1.98. The number of ether oxygens (including phenoxy) is 1. The Morgan fingerprint density at radius 2 is 2.00 bits per heavy atom. The first-order chi connectivity index (χ1) is 11.5. The van der Waals surface area contributed by atoms with Gasteiger partial charge in [0.05, 0.1) is 17.5 Å². The minimum atomic E-state index is -3.53. The maximum atomic E-state index is 13.1. The van der Waals surface area contributed by atoms with Gasteiger partial charge in [-0.05, 0) is 44.9 Å². The lowest BCUT2D eigenvalue weighted by Gasteiger charge is -2.25. The van der Waals surface area contributed by atoms with Crippen LogP contribution in [0.2, 0.25) is 0 Å². The molecule has 1 saturated heterocycles. The first-order valence-electron chi connectivity index (χ1n) is 8.20. The molecular weight excluding hydrogens is 324 g/mol. The number of aromatic nitrogens is 1. The topological polar surface area (TPSA) is 59.5 Å². The molecule has 0 aliphatic carbocycles. The largest absolute Gasteiger partial charge is 0.478 e. The van der Waals surface area contributed by atoms with Gasteiger partial charge in [-0.3, -0.25) is 0 Å². The molecule has 1 atom stereocenters. The third-order valence-corrected chi connectivity index (χ3v) is 6.19. The normalized spacial score (nSPS) is 18.7. The Labute approximate surface area is 143 Å². The van der Waals surface area contributed by atoms with Crippen molar-refractivity contribution in [2.24, 2.45) is 0 Å². The van der Waals surface area contributed by atoms with Gasteiger partial charge in [-0.2, -0.15) is 4.31 Å². The Hall–Kier alpha value is -1.92. The molecule has 2 aromatic rings. The summed E-state index contributed by atoms with van der Waals surface area (Å²) in [6.07, 6.45) is 3.27. The molecule has 24 heavy (non-hydrogen) atoms. The van der Waals surface area contributed by atoms with Crippen molar-refractivity contribution in [1.29, 1.82) is 0 Å².